The molecule has 4 aromatic rings. The maximum absolute atomic E-state index is 13.6. The molecule has 1 atom stereocenters. The molecular formula is C21H17F2N3O3. The predicted molar refractivity (Wildman–Crippen MR) is 101 cm³/mol. The van der Waals surface area contributed by atoms with Crippen molar-refractivity contribution in [2.75, 3.05) is 0 Å². The molecule has 8 heteroatoms. The van der Waals surface area contributed by atoms with Gasteiger partial charge in [0.25, 0.3) is 0 Å². The molecule has 2 aromatic carbocycles. The average molecular weight is 397 g/mol. The second-order valence-electron chi connectivity index (χ2n) is 6.43. The fourth-order valence-corrected chi connectivity index (χ4v) is 3.10. The van der Waals surface area contributed by atoms with Gasteiger partial charge >= 0.3 is 12.5 Å². The van der Waals surface area contributed by atoms with Crippen molar-refractivity contribution in [1.29, 1.82) is 0 Å². The van der Waals surface area contributed by atoms with Crippen LogP contribution in [0.5, 0.6) is 0 Å². The molecule has 6 nitrogen and oxygen atoms in total. The molecule has 0 amide bonds. The van der Waals surface area contributed by atoms with E-state index in [-0.39, 0.29) is 17.8 Å². The third-order valence-corrected chi connectivity index (χ3v) is 4.39. The number of esters is 1. The summed E-state index contributed by atoms with van der Waals surface area (Å²) >= 11 is 0. The molecular weight excluding hydrogens is 380 g/mol. The van der Waals surface area contributed by atoms with Crippen molar-refractivity contribution >= 4 is 17.0 Å². The van der Waals surface area contributed by atoms with Gasteiger partial charge in [-0.3, -0.25) is 9.36 Å². The number of hydrogen-bond donors (Lipinski definition) is 0. The topological polar surface area (TPSA) is 70.2 Å². The lowest BCUT2D eigenvalue weighted by molar-refractivity contribution is -0.148. The lowest BCUT2D eigenvalue weighted by Gasteiger charge is -2.14. The number of para-hydroxylation sites is 2. The van der Waals surface area contributed by atoms with Crippen LogP contribution in [0.1, 0.15) is 31.1 Å². The Hall–Kier alpha value is -3.55. The van der Waals surface area contributed by atoms with Gasteiger partial charge in [-0.1, -0.05) is 30.3 Å². The second kappa shape index (κ2) is 7.83. The molecule has 0 bridgehead atoms. The first-order valence-electron chi connectivity index (χ1n) is 8.97. The van der Waals surface area contributed by atoms with Gasteiger partial charge in [-0.15, -0.1) is 0 Å². The Bertz CT molecular complexity index is 1140. The minimum atomic E-state index is -2.80. The first kappa shape index (κ1) is 18.8. The van der Waals surface area contributed by atoms with Gasteiger partial charge in [0, 0.05) is 5.56 Å². The Morgan fingerprint density at radius 2 is 1.83 bits per heavy atom. The molecule has 0 aliphatic rings. The lowest BCUT2D eigenvalue weighted by Crippen LogP contribution is -2.16. The number of nitrogens with zero attached hydrogens (tertiary/aromatic N) is 3. The standard InChI is InChI=1S/C21H17F2N3O3/c1-13(19-25-16-9-5-6-10-17(16)26(19)21(22)23)29-18(27)11-15-12-28-20(24-15)14-7-3-2-4-8-14/h2-10,12-13,21H,11H2,1H3. The number of carbonyl (C=O) groups is 1. The van der Waals surface area contributed by atoms with Crippen LogP contribution >= 0.6 is 0 Å². The van der Waals surface area contributed by atoms with Crippen LogP contribution in [0.15, 0.2) is 65.3 Å². The van der Waals surface area contributed by atoms with Gasteiger partial charge in [-0.05, 0) is 31.2 Å². The first-order valence-corrected chi connectivity index (χ1v) is 8.97. The molecule has 2 aromatic heterocycles. The van der Waals surface area contributed by atoms with Crippen LogP contribution in [0.4, 0.5) is 8.78 Å². The highest BCUT2D eigenvalue weighted by atomic mass is 19.3. The normalized spacial score (nSPS) is 12.4. The van der Waals surface area contributed by atoms with Gasteiger partial charge in [0.1, 0.15) is 6.26 Å². The van der Waals surface area contributed by atoms with E-state index in [0.717, 1.165) is 10.1 Å². The van der Waals surface area contributed by atoms with Gasteiger partial charge in [-0.25, -0.2) is 9.97 Å². The summed E-state index contributed by atoms with van der Waals surface area (Å²) in [5.41, 5.74) is 1.87. The molecule has 0 fully saturated rings. The number of benzene rings is 2. The third-order valence-electron chi connectivity index (χ3n) is 4.39. The van der Waals surface area contributed by atoms with Crippen LogP contribution < -0.4 is 0 Å². The van der Waals surface area contributed by atoms with Gasteiger partial charge in [0.15, 0.2) is 11.9 Å². The molecule has 148 valence electrons. The summed E-state index contributed by atoms with van der Waals surface area (Å²) in [6, 6.07) is 15.8. The van der Waals surface area contributed by atoms with E-state index in [1.807, 2.05) is 30.3 Å². The Morgan fingerprint density at radius 1 is 1.10 bits per heavy atom. The van der Waals surface area contributed by atoms with Crippen molar-refractivity contribution in [3.63, 3.8) is 0 Å². The third kappa shape index (κ3) is 3.87. The summed E-state index contributed by atoms with van der Waals surface area (Å²) in [6.07, 6.45) is 0.280. The molecule has 0 spiro atoms. The quantitative estimate of drug-likeness (QED) is 0.431. The minimum Gasteiger partial charge on any atom is -0.454 e. The molecule has 0 aliphatic heterocycles. The second-order valence-corrected chi connectivity index (χ2v) is 6.43. The molecule has 1 unspecified atom stereocenters. The number of fused-ring (bicyclic) bond motifs is 1. The molecule has 4 rings (SSSR count). The van der Waals surface area contributed by atoms with Crippen LogP contribution in [-0.4, -0.2) is 20.5 Å². The van der Waals surface area contributed by atoms with Crippen molar-refractivity contribution in [3.05, 3.63) is 72.4 Å². The van der Waals surface area contributed by atoms with E-state index in [1.54, 1.807) is 24.3 Å². The Balaban J connectivity index is 1.49. The average Bonchev–Trinajstić information content (AvgIpc) is 3.33. The number of hydrogen-bond acceptors (Lipinski definition) is 5. The van der Waals surface area contributed by atoms with Gasteiger partial charge in [0.05, 0.1) is 23.1 Å². The summed E-state index contributed by atoms with van der Waals surface area (Å²) in [5, 5.41) is 0. The Kier molecular flexibility index (Phi) is 5.07. The van der Waals surface area contributed by atoms with E-state index in [1.165, 1.54) is 13.2 Å². The van der Waals surface area contributed by atoms with Crippen LogP contribution in [-0.2, 0) is 16.0 Å². The SMILES string of the molecule is CC(OC(=O)Cc1coc(-c2ccccc2)n1)c1nc2ccccc2n1C(F)F. The summed E-state index contributed by atoms with van der Waals surface area (Å²) < 4.78 is 38.6. The van der Waals surface area contributed by atoms with Crippen LogP contribution in [0.3, 0.4) is 0 Å². The van der Waals surface area contributed by atoms with Crippen molar-refractivity contribution < 1.29 is 22.7 Å². The minimum absolute atomic E-state index is 0.0142. The predicted octanol–water partition coefficient (Wildman–Crippen LogP) is 4.93. The fourth-order valence-electron chi connectivity index (χ4n) is 3.10. The number of halogens is 2. The number of aromatic nitrogens is 3. The fraction of sp³-hybridized carbons (Fsp3) is 0.190. The largest absolute Gasteiger partial charge is 0.454 e. The van der Waals surface area contributed by atoms with E-state index in [0.29, 0.717) is 17.1 Å². The van der Waals surface area contributed by atoms with Crippen LogP contribution in [0.25, 0.3) is 22.5 Å². The molecule has 29 heavy (non-hydrogen) atoms. The highest BCUT2D eigenvalue weighted by molar-refractivity contribution is 5.76. The molecule has 0 saturated heterocycles. The summed E-state index contributed by atoms with van der Waals surface area (Å²) in [7, 11) is 0. The van der Waals surface area contributed by atoms with Gasteiger partial charge in [0.2, 0.25) is 5.89 Å². The lowest BCUT2D eigenvalue weighted by atomic mass is 10.2. The summed E-state index contributed by atoms with van der Waals surface area (Å²) in [5.74, 6) is -0.237. The van der Waals surface area contributed by atoms with E-state index < -0.39 is 18.6 Å². The first-order chi connectivity index (χ1) is 14.0. The molecule has 0 radical (unpaired) electrons. The number of ether oxygens (including phenoxy) is 1. The Labute approximate surface area is 164 Å². The van der Waals surface area contributed by atoms with Crippen molar-refractivity contribution in [2.24, 2.45) is 0 Å². The Morgan fingerprint density at radius 3 is 2.59 bits per heavy atom. The summed E-state index contributed by atoms with van der Waals surface area (Å²) in [6.45, 7) is -1.29. The monoisotopic (exact) mass is 397 g/mol. The van der Waals surface area contributed by atoms with Crippen molar-refractivity contribution in [1.82, 2.24) is 14.5 Å². The zero-order chi connectivity index (χ0) is 20.4. The smallest absolute Gasteiger partial charge is 0.320 e. The number of rotatable bonds is 6. The van der Waals surface area contributed by atoms with Gasteiger partial charge in [-0.2, -0.15) is 8.78 Å². The van der Waals surface area contributed by atoms with Crippen molar-refractivity contribution in [2.45, 2.75) is 26.0 Å². The highest BCUT2D eigenvalue weighted by Crippen LogP contribution is 2.28. The number of imidazole rings is 1. The molecule has 0 saturated carbocycles. The summed E-state index contributed by atoms with van der Waals surface area (Å²) in [4.78, 5) is 20.8. The zero-order valence-corrected chi connectivity index (χ0v) is 15.5. The maximum atomic E-state index is 13.6. The van der Waals surface area contributed by atoms with E-state index in [9.17, 15) is 13.6 Å². The number of carbonyl (C=O) groups excluding carboxylic acids is 1. The highest BCUT2D eigenvalue weighted by Gasteiger charge is 2.24. The number of oxazole rings is 1. The van der Waals surface area contributed by atoms with Gasteiger partial charge < -0.3 is 9.15 Å². The van der Waals surface area contributed by atoms with E-state index in [2.05, 4.69) is 9.97 Å². The molecule has 0 aliphatic carbocycles. The van der Waals surface area contributed by atoms with Crippen LogP contribution in [0, 0.1) is 0 Å². The number of alkyl halides is 2. The molecule has 2 heterocycles. The molecule has 0 N–H and O–H groups in total. The van der Waals surface area contributed by atoms with E-state index >= 15 is 0 Å². The van der Waals surface area contributed by atoms with Crippen molar-refractivity contribution in [3.8, 4) is 11.5 Å². The van der Waals surface area contributed by atoms with Crippen LogP contribution in [0.2, 0.25) is 0 Å². The zero-order valence-electron chi connectivity index (χ0n) is 15.5. The van der Waals surface area contributed by atoms with E-state index in [4.69, 9.17) is 9.15 Å². The maximum Gasteiger partial charge on any atom is 0.320 e.